The maximum Gasteiger partial charge on any atom is 0.416 e. The molecule has 1 saturated carbocycles. The number of anilines is 2. The molecule has 0 unspecified atom stereocenters. The number of aromatic nitrogens is 1. The van der Waals surface area contributed by atoms with Crippen molar-refractivity contribution >= 4 is 17.3 Å². The van der Waals surface area contributed by atoms with E-state index in [1.165, 1.54) is 37.6 Å². The summed E-state index contributed by atoms with van der Waals surface area (Å²) in [6.45, 7) is 0. The van der Waals surface area contributed by atoms with E-state index in [1.807, 2.05) is 0 Å². The van der Waals surface area contributed by atoms with Crippen molar-refractivity contribution < 1.29 is 18.0 Å². The van der Waals surface area contributed by atoms with Gasteiger partial charge in [0, 0.05) is 24.1 Å². The SMILES string of the molecule is O=C(Nc1cccc(C(F)(F)F)c1)c1cncc(NC2CCCCC2)c1. The normalized spacial score (nSPS) is 15.5. The number of nitrogens with one attached hydrogen (secondary N) is 2. The van der Waals surface area contributed by atoms with Crippen LogP contribution in [0.5, 0.6) is 0 Å². The highest BCUT2D eigenvalue weighted by Gasteiger charge is 2.30. The number of hydrogen-bond donors (Lipinski definition) is 2. The van der Waals surface area contributed by atoms with Gasteiger partial charge in [-0.25, -0.2) is 0 Å². The van der Waals surface area contributed by atoms with Gasteiger partial charge in [-0.3, -0.25) is 9.78 Å². The van der Waals surface area contributed by atoms with Crippen LogP contribution in [0, 0.1) is 0 Å². The molecular formula is C19H20F3N3O. The van der Waals surface area contributed by atoms with Gasteiger partial charge in [-0.1, -0.05) is 25.3 Å². The van der Waals surface area contributed by atoms with Gasteiger partial charge in [0.05, 0.1) is 16.8 Å². The van der Waals surface area contributed by atoms with Crippen LogP contribution in [-0.2, 0) is 6.18 Å². The predicted molar refractivity (Wildman–Crippen MR) is 94.1 cm³/mol. The number of nitrogens with zero attached hydrogens (tertiary/aromatic N) is 1. The summed E-state index contributed by atoms with van der Waals surface area (Å²) in [6, 6.07) is 6.60. The fraction of sp³-hybridized carbons (Fsp3) is 0.368. The van der Waals surface area contributed by atoms with E-state index in [0.717, 1.165) is 30.7 Å². The van der Waals surface area contributed by atoms with E-state index in [1.54, 1.807) is 12.3 Å². The largest absolute Gasteiger partial charge is 0.416 e. The third-order valence-corrected chi connectivity index (χ3v) is 4.42. The highest BCUT2D eigenvalue weighted by molar-refractivity contribution is 6.04. The maximum atomic E-state index is 12.8. The Balaban J connectivity index is 1.69. The smallest absolute Gasteiger partial charge is 0.381 e. The second-order valence-corrected chi connectivity index (χ2v) is 6.47. The van der Waals surface area contributed by atoms with Crippen LogP contribution >= 0.6 is 0 Å². The van der Waals surface area contributed by atoms with Crippen LogP contribution in [0.3, 0.4) is 0 Å². The maximum absolute atomic E-state index is 12.8. The van der Waals surface area contributed by atoms with Crippen molar-refractivity contribution in [3.63, 3.8) is 0 Å². The Hall–Kier alpha value is -2.57. The van der Waals surface area contributed by atoms with Crippen molar-refractivity contribution in [3.05, 3.63) is 53.9 Å². The van der Waals surface area contributed by atoms with Crippen molar-refractivity contribution in [3.8, 4) is 0 Å². The Morgan fingerprint density at radius 2 is 1.81 bits per heavy atom. The average molecular weight is 363 g/mol. The first-order valence-corrected chi connectivity index (χ1v) is 8.62. The van der Waals surface area contributed by atoms with Crippen LogP contribution in [0.4, 0.5) is 24.5 Å². The summed E-state index contributed by atoms with van der Waals surface area (Å²) in [6.07, 6.45) is 4.37. The van der Waals surface area contributed by atoms with Crippen molar-refractivity contribution in [2.45, 2.75) is 44.3 Å². The number of pyridine rings is 1. The molecule has 0 radical (unpaired) electrons. The number of halogens is 3. The first-order valence-electron chi connectivity index (χ1n) is 8.62. The molecule has 1 aliphatic rings. The Kier molecular flexibility index (Phi) is 5.44. The molecule has 2 N–H and O–H groups in total. The molecule has 4 nitrogen and oxygen atoms in total. The zero-order chi connectivity index (χ0) is 18.6. The van der Waals surface area contributed by atoms with Gasteiger partial charge in [0.1, 0.15) is 0 Å². The Bertz CT molecular complexity index is 771. The molecule has 1 aromatic heterocycles. The van der Waals surface area contributed by atoms with Crippen molar-refractivity contribution in [2.24, 2.45) is 0 Å². The molecule has 0 saturated heterocycles. The van der Waals surface area contributed by atoms with Gasteiger partial charge in [0.25, 0.3) is 5.91 Å². The zero-order valence-electron chi connectivity index (χ0n) is 14.1. The molecule has 0 atom stereocenters. The molecule has 1 aliphatic carbocycles. The summed E-state index contributed by atoms with van der Waals surface area (Å²) in [5.74, 6) is -0.496. The molecule has 3 rings (SSSR count). The molecule has 1 amide bonds. The third-order valence-electron chi connectivity index (χ3n) is 4.42. The predicted octanol–water partition coefficient (Wildman–Crippen LogP) is 5.10. The fourth-order valence-electron chi connectivity index (χ4n) is 3.10. The number of carbonyl (C=O) groups excluding carboxylic acids is 1. The lowest BCUT2D eigenvalue weighted by molar-refractivity contribution is -0.137. The lowest BCUT2D eigenvalue weighted by atomic mass is 9.95. The fourth-order valence-corrected chi connectivity index (χ4v) is 3.10. The van der Waals surface area contributed by atoms with Crippen molar-refractivity contribution in [2.75, 3.05) is 10.6 Å². The van der Waals surface area contributed by atoms with E-state index < -0.39 is 17.6 Å². The monoisotopic (exact) mass is 363 g/mol. The molecule has 26 heavy (non-hydrogen) atoms. The van der Waals surface area contributed by atoms with Gasteiger partial charge in [0.2, 0.25) is 0 Å². The van der Waals surface area contributed by atoms with Crippen molar-refractivity contribution in [1.82, 2.24) is 4.98 Å². The average Bonchev–Trinajstić information content (AvgIpc) is 2.62. The van der Waals surface area contributed by atoms with Crippen LogP contribution < -0.4 is 10.6 Å². The third kappa shape index (κ3) is 4.74. The molecule has 0 aliphatic heterocycles. The van der Waals surface area contributed by atoms with E-state index in [4.69, 9.17) is 0 Å². The number of hydrogen-bond acceptors (Lipinski definition) is 3. The second kappa shape index (κ2) is 7.76. The number of amides is 1. The molecule has 0 bridgehead atoms. The first-order chi connectivity index (χ1) is 12.4. The van der Waals surface area contributed by atoms with Crippen LogP contribution in [0.25, 0.3) is 0 Å². The second-order valence-electron chi connectivity index (χ2n) is 6.47. The van der Waals surface area contributed by atoms with E-state index in [2.05, 4.69) is 15.6 Å². The highest BCUT2D eigenvalue weighted by atomic mass is 19.4. The minimum absolute atomic E-state index is 0.0930. The van der Waals surface area contributed by atoms with E-state index in [-0.39, 0.29) is 5.69 Å². The summed E-state index contributed by atoms with van der Waals surface area (Å²) >= 11 is 0. The Morgan fingerprint density at radius 3 is 2.54 bits per heavy atom. The summed E-state index contributed by atoms with van der Waals surface area (Å²) < 4.78 is 38.3. The molecule has 138 valence electrons. The first kappa shape index (κ1) is 18.2. The minimum atomic E-state index is -4.45. The summed E-state index contributed by atoms with van der Waals surface area (Å²) in [4.78, 5) is 16.4. The van der Waals surface area contributed by atoms with Crippen LogP contribution in [0.2, 0.25) is 0 Å². The van der Waals surface area contributed by atoms with Gasteiger partial charge in [0.15, 0.2) is 0 Å². The highest BCUT2D eigenvalue weighted by Crippen LogP contribution is 2.30. The summed E-state index contributed by atoms with van der Waals surface area (Å²) in [5.41, 5.74) is 0.327. The van der Waals surface area contributed by atoms with E-state index in [9.17, 15) is 18.0 Å². The van der Waals surface area contributed by atoms with Gasteiger partial charge >= 0.3 is 6.18 Å². The lowest BCUT2D eigenvalue weighted by Crippen LogP contribution is -2.22. The quantitative estimate of drug-likeness (QED) is 0.795. The molecule has 1 fully saturated rings. The number of carbonyl (C=O) groups is 1. The number of rotatable bonds is 4. The molecule has 7 heteroatoms. The summed E-state index contributed by atoms with van der Waals surface area (Å²) in [5, 5.41) is 5.87. The van der Waals surface area contributed by atoms with Crippen LogP contribution in [0.15, 0.2) is 42.7 Å². The van der Waals surface area contributed by atoms with E-state index in [0.29, 0.717) is 11.6 Å². The lowest BCUT2D eigenvalue weighted by Gasteiger charge is -2.23. The Morgan fingerprint density at radius 1 is 1.04 bits per heavy atom. The van der Waals surface area contributed by atoms with Crippen molar-refractivity contribution in [1.29, 1.82) is 0 Å². The van der Waals surface area contributed by atoms with Gasteiger partial charge < -0.3 is 10.6 Å². The van der Waals surface area contributed by atoms with Crippen LogP contribution in [0.1, 0.15) is 48.0 Å². The minimum Gasteiger partial charge on any atom is -0.381 e. The molecule has 2 aromatic rings. The molecule has 1 aromatic carbocycles. The Labute approximate surface area is 149 Å². The molecular weight excluding hydrogens is 343 g/mol. The van der Waals surface area contributed by atoms with Gasteiger partial charge in [-0.05, 0) is 37.1 Å². The molecule has 1 heterocycles. The number of alkyl halides is 3. The summed E-state index contributed by atoms with van der Waals surface area (Å²) in [7, 11) is 0. The van der Waals surface area contributed by atoms with Crippen LogP contribution in [-0.4, -0.2) is 16.9 Å². The van der Waals surface area contributed by atoms with Gasteiger partial charge in [-0.2, -0.15) is 13.2 Å². The topological polar surface area (TPSA) is 54.0 Å². The standard InChI is InChI=1S/C19H20F3N3O/c20-19(21,22)14-5-4-8-16(10-14)25-18(26)13-9-17(12-23-11-13)24-15-6-2-1-3-7-15/h4-5,8-12,15,24H,1-3,6-7H2,(H,25,26). The number of benzene rings is 1. The van der Waals surface area contributed by atoms with E-state index >= 15 is 0 Å². The zero-order valence-corrected chi connectivity index (χ0v) is 14.1. The molecule has 0 spiro atoms. The van der Waals surface area contributed by atoms with Gasteiger partial charge in [-0.15, -0.1) is 0 Å².